The number of hydrogen-bond donors (Lipinski definition) is 2. The first-order chi connectivity index (χ1) is 12.0. The third-order valence-electron chi connectivity index (χ3n) is 4.30. The van der Waals surface area contributed by atoms with E-state index in [2.05, 4.69) is 5.32 Å². The Morgan fingerprint density at radius 2 is 1.64 bits per heavy atom. The molecule has 0 aliphatic heterocycles. The van der Waals surface area contributed by atoms with Crippen molar-refractivity contribution < 1.29 is 14.7 Å². The van der Waals surface area contributed by atoms with Crippen molar-refractivity contribution in [3.05, 3.63) is 83.4 Å². The summed E-state index contributed by atoms with van der Waals surface area (Å²) >= 11 is 0. The minimum absolute atomic E-state index is 0.251. The molecule has 0 bridgehead atoms. The SMILES string of the molecule is Cc1ccccc1C[C@@H](NC(=O)c1ccc2ccccc2c1)C(=O)O. The average molecular weight is 333 g/mol. The van der Waals surface area contributed by atoms with Crippen LogP contribution in [-0.2, 0) is 11.2 Å². The van der Waals surface area contributed by atoms with Gasteiger partial charge in [-0.05, 0) is 41.0 Å². The van der Waals surface area contributed by atoms with Gasteiger partial charge in [0.05, 0.1) is 0 Å². The summed E-state index contributed by atoms with van der Waals surface area (Å²) in [7, 11) is 0. The number of aryl methyl sites for hydroxylation is 1. The quantitative estimate of drug-likeness (QED) is 0.750. The lowest BCUT2D eigenvalue weighted by molar-refractivity contribution is -0.139. The predicted octanol–water partition coefficient (Wildman–Crippen LogP) is 3.57. The summed E-state index contributed by atoms with van der Waals surface area (Å²) in [5.41, 5.74) is 2.37. The molecule has 1 atom stereocenters. The van der Waals surface area contributed by atoms with Gasteiger partial charge in [0.25, 0.3) is 5.91 Å². The summed E-state index contributed by atoms with van der Waals surface area (Å²) in [5.74, 6) is -1.43. The van der Waals surface area contributed by atoms with Crippen molar-refractivity contribution in [3.63, 3.8) is 0 Å². The maximum absolute atomic E-state index is 12.5. The molecule has 0 unspecified atom stereocenters. The topological polar surface area (TPSA) is 66.4 Å². The monoisotopic (exact) mass is 333 g/mol. The zero-order valence-electron chi connectivity index (χ0n) is 13.9. The molecular weight excluding hydrogens is 314 g/mol. The van der Waals surface area contributed by atoms with Gasteiger partial charge in [-0.15, -0.1) is 0 Å². The molecule has 3 aromatic carbocycles. The molecule has 0 radical (unpaired) electrons. The molecule has 2 N–H and O–H groups in total. The summed E-state index contributed by atoms with van der Waals surface area (Å²) in [4.78, 5) is 24.1. The van der Waals surface area contributed by atoms with Gasteiger partial charge in [-0.1, -0.05) is 54.6 Å². The Labute approximate surface area is 146 Å². The van der Waals surface area contributed by atoms with Gasteiger partial charge in [-0.2, -0.15) is 0 Å². The van der Waals surface area contributed by atoms with Gasteiger partial charge in [0.15, 0.2) is 0 Å². The van der Waals surface area contributed by atoms with E-state index in [1.54, 1.807) is 12.1 Å². The standard InChI is InChI=1S/C21H19NO3/c1-14-6-2-3-8-16(14)13-19(21(24)25)22-20(23)18-11-10-15-7-4-5-9-17(15)12-18/h2-12,19H,13H2,1H3,(H,22,23)(H,24,25)/t19-/m1/s1. The minimum Gasteiger partial charge on any atom is -0.480 e. The van der Waals surface area contributed by atoms with Crippen molar-refractivity contribution in [1.29, 1.82) is 0 Å². The molecule has 3 aromatic rings. The van der Waals surface area contributed by atoms with Crippen molar-refractivity contribution in [3.8, 4) is 0 Å². The molecule has 0 spiro atoms. The zero-order valence-corrected chi connectivity index (χ0v) is 13.9. The third kappa shape index (κ3) is 3.86. The largest absolute Gasteiger partial charge is 0.480 e. The van der Waals surface area contributed by atoms with Crippen molar-refractivity contribution in [1.82, 2.24) is 5.32 Å². The summed E-state index contributed by atoms with van der Waals surface area (Å²) in [5, 5.41) is 14.1. The van der Waals surface area contributed by atoms with E-state index in [9.17, 15) is 14.7 Å². The summed E-state index contributed by atoms with van der Waals surface area (Å²) in [6.07, 6.45) is 0.251. The fraction of sp³-hybridized carbons (Fsp3) is 0.143. The third-order valence-corrected chi connectivity index (χ3v) is 4.30. The van der Waals surface area contributed by atoms with Crippen LogP contribution in [0.5, 0.6) is 0 Å². The number of carboxylic acids is 1. The lowest BCUT2D eigenvalue weighted by atomic mass is 10.0. The summed E-state index contributed by atoms with van der Waals surface area (Å²) in [6.45, 7) is 1.93. The molecule has 0 aromatic heterocycles. The molecule has 126 valence electrons. The summed E-state index contributed by atoms with van der Waals surface area (Å²) < 4.78 is 0. The van der Waals surface area contributed by atoms with E-state index in [1.165, 1.54) is 0 Å². The van der Waals surface area contributed by atoms with Crippen molar-refractivity contribution in [2.45, 2.75) is 19.4 Å². The number of benzene rings is 3. The number of rotatable bonds is 5. The Bertz CT molecular complexity index is 933. The van der Waals surface area contributed by atoms with Crippen LogP contribution in [0.25, 0.3) is 10.8 Å². The number of fused-ring (bicyclic) bond motifs is 1. The first kappa shape index (κ1) is 16.7. The van der Waals surface area contributed by atoms with Crippen LogP contribution < -0.4 is 5.32 Å². The predicted molar refractivity (Wildman–Crippen MR) is 97.7 cm³/mol. The first-order valence-electron chi connectivity index (χ1n) is 8.11. The number of carbonyl (C=O) groups excluding carboxylic acids is 1. The van der Waals surface area contributed by atoms with E-state index in [-0.39, 0.29) is 12.3 Å². The first-order valence-corrected chi connectivity index (χ1v) is 8.11. The lowest BCUT2D eigenvalue weighted by Crippen LogP contribution is -2.42. The van der Waals surface area contributed by atoms with E-state index < -0.39 is 12.0 Å². The van der Waals surface area contributed by atoms with Gasteiger partial charge in [0.1, 0.15) is 6.04 Å². The maximum atomic E-state index is 12.5. The Morgan fingerprint density at radius 3 is 2.36 bits per heavy atom. The number of hydrogen-bond acceptors (Lipinski definition) is 2. The molecule has 25 heavy (non-hydrogen) atoms. The Balaban J connectivity index is 1.80. The van der Waals surface area contributed by atoms with Crippen LogP contribution in [0.2, 0.25) is 0 Å². The Hall–Kier alpha value is -3.14. The van der Waals surface area contributed by atoms with Crippen LogP contribution in [-0.4, -0.2) is 23.0 Å². The van der Waals surface area contributed by atoms with Crippen molar-refractivity contribution >= 4 is 22.6 Å². The van der Waals surface area contributed by atoms with Crippen LogP contribution in [0.15, 0.2) is 66.7 Å². The molecule has 0 saturated carbocycles. The van der Waals surface area contributed by atoms with E-state index in [4.69, 9.17) is 0 Å². The molecule has 3 rings (SSSR count). The van der Waals surface area contributed by atoms with E-state index in [1.807, 2.05) is 61.5 Å². The van der Waals surface area contributed by atoms with Crippen LogP contribution in [0, 0.1) is 6.92 Å². The van der Waals surface area contributed by atoms with Gasteiger partial charge in [0, 0.05) is 12.0 Å². The summed E-state index contributed by atoms with van der Waals surface area (Å²) in [6, 6.07) is 19.7. The van der Waals surface area contributed by atoms with Crippen molar-refractivity contribution in [2.24, 2.45) is 0 Å². The molecule has 4 heteroatoms. The Kier molecular flexibility index (Phi) is 4.80. The van der Waals surface area contributed by atoms with Gasteiger partial charge >= 0.3 is 5.97 Å². The van der Waals surface area contributed by atoms with Crippen LogP contribution in [0.1, 0.15) is 21.5 Å². The molecular formula is C21H19NO3. The lowest BCUT2D eigenvalue weighted by Gasteiger charge is -2.16. The number of aliphatic carboxylic acids is 1. The van der Waals surface area contributed by atoms with Crippen LogP contribution in [0.4, 0.5) is 0 Å². The highest BCUT2D eigenvalue weighted by Crippen LogP contribution is 2.16. The second kappa shape index (κ2) is 7.18. The Morgan fingerprint density at radius 1 is 0.960 bits per heavy atom. The average Bonchev–Trinajstić information content (AvgIpc) is 2.62. The number of carboxylic acid groups (broad SMARTS) is 1. The van der Waals surface area contributed by atoms with E-state index in [0.29, 0.717) is 5.56 Å². The van der Waals surface area contributed by atoms with Gasteiger partial charge in [0.2, 0.25) is 0 Å². The molecule has 1 amide bonds. The van der Waals surface area contributed by atoms with Gasteiger partial charge < -0.3 is 10.4 Å². The molecule has 0 heterocycles. The number of nitrogens with one attached hydrogen (secondary N) is 1. The maximum Gasteiger partial charge on any atom is 0.326 e. The van der Waals surface area contributed by atoms with E-state index >= 15 is 0 Å². The molecule has 0 saturated heterocycles. The van der Waals surface area contributed by atoms with E-state index in [0.717, 1.165) is 21.9 Å². The fourth-order valence-electron chi connectivity index (χ4n) is 2.83. The number of amides is 1. The molecule has 0 aliphatic carbocycles. The second-order valence-electron chi connectivity index (χ2n) is 6.06. The highest BCUT2D eigenvalue weighted by molar-refractivity contribution is 6.00. The molecule has 0 aliphatic rings. The smallest absolute Gasteiger partial charge is 0.326 e. The number of carbonyl (C=O) groups is 2. The van der Waals surface area contributed by atoms with Gasteiger partial charge in [-0.3, -0.25) is 4.79 Å². The second-order valence-corrected chi connectivity index (χ2v) is 6.06. The fourth-order valence-corrected chi connectivity index (χ4v) is 2.83. The normalized spacial score (nSPS) is 11.9. The van der Waals surface area contributed by atoms with Gasteiger partial charge in [-0.25, -0.2) is 4.79 Å². The highest BCUT2D eigenvalue weighted by Gasteiger charge is 2.21. The minimum atomic E-state index is -1.04. The van der Waals surface area contributed by atoms with Crippen LogP contribution in [0.3, 0.4) is 0 Å². The zero-order chi connectivity index (χ0) is 17.8. The van der Waals surface area contributed by atoms with Crippen LogP contribution >= 0.6 is 0 Å². The molecule has 4 nitrogen and oxygen atoms in total. The molecule has 0 fully saturated rings. The highest BCUT2D eigenvalue weighted by atomic mass is 16.4. The van der Waals surface area contributed by atoms with Crippen molar-refractivity contribution in [2.75, 3.05) is 0 Å².